The number of hydrogen-bond donors (Lipinski definition) is 1. The maximum atomic E-state index is 13.9. The lowest BCUT2D eigenvalue weighted by molar-refractivity contribution is 0.0409. The van der Waals surface area contributed by atoms with E-state index in [4.69, 9.17) is 4.74 Å². The summed E-state index contributed by atoms with van der Waals surface area (Å²) >= 11 is 0. The highest BCUT2D eigenvalue weighted by molar-refractivity contribution is 5.69. The zero-order valence-corrected chi connectivity index (χ0v) is 15.3. The smallest absolute Gasteiger partial charge is 0.408 e. The van der Waals surface area contributed by atoms with Crippen LogP contribution in [0.1, 0.15) is 46.2 Å². The Kier molecular flexibility index (Phi) is 5.53. The van der Waals surface area contributed by atoms with Crippen molar-refractivity contribution >= 4 is 6.09 Å². The van der Waals surface area contributed by atoms with E-state index in [2.05, 4.69) is 29.3 Å². The molecule has 0 aromatic heterocycles. The summed E-state index contributed by atoms with van der Waals surface area (Å²) in [5.41, 5.74) is -0.303. The first-order chi connectivity index (χ1) is 11.2. The average molecular weight is 336 g/mol. The second-order valence-corrected chi connectivity index (χ2v) is 7.83. The van der Waals surface area contributed by atoms with Gasteiger partial charge in [-0.05, 0) is 39.2 Å². The highest BCUT2D eigenvalue weighted by atomic mass is 19.1. The number of rotatable bonds is 4. The van der Waals surface area contributed by atoms with Crippen molar-refractivity contribution in [3.05, 3.63) is 35.9 Å². The SMILES string of the molecule is CC1CN([C@H](C)c2ccccc2)C[C@@]1(CF)NC(=O)OC(C)(C)C. The Morgan fingerprint density at radius 1 is 1.42 bits per heavy atom. The molecular weight excluding hydrogens is 307 g/mol. The lowest BCUT2D eigenvalue weighted by atomic mass is 9.90. The first-order valence-electron chi connectivity index (χ1n) is 8.53. The van der Waals surface area contributed by atoms with E-state index in [1.54, 1.807) is 20.8 Å². The molecule has 1 saturated heterocycles. The Morgan fingerprint density at radius 3 is 2.58 bits per heavy atom. The normalized spacial score (nSPS) is 26.2. The molecule has 1 heterocycles. The quantitative estimate of drug-likeness (QED) is 0.906. The lowest BCUT2D eigenvalue weighted by Crippen LogP contribution is -2.56. The van der Waals surface area contributed by atoms with Crippen LogP contribution in [0.2, 0.25) is 0 Å². The molecule has 1 aliphatic rings. The van der Waals surface area contributed by atoms with Crippen molar-refractivity contribution < 1.29 is 13.9 Å². The number of ether oxygens (including phenoxy) is 1. The van der Waals surface area contributed by atoms with Crippen LogP contribution < -0.4 is 5.32 Å². The van der Waals surface area contributed by atoms with Gasteiger partial charge in [-0.1, -0.05) is 37.3 Å². The van der Waals surface area contributed by atoms with Crippen molar-refractivity contribution in [3.8, 4) is 0 Å². The van der Waals surface area contributed by atoms with Crippen LogP contribution >= 0.6 is 0 Å². The topological polar surface area (TPSA) is 41.6 Å². The van der Waals surface area contributed by atoms with E-state index in [-0.39, 0.29) is 12.0 Å². The number of halogens is 1. The number of alkyl carbamates (subject to hydrolysis) is 1. The molecular formula is C19H29FN2O2. The minimum Gasteiger partial charge on any atom is -0.444 e. The molecule has 1 N–H and O–H groups in total. The van der Waals surface area contributed by atoms with Crippen molar-refractivity contribution in [3.63, 3.8) is 0 Å². The molecule has 0 bridgehead atoms. The van der Waals surface area contributed by atoms with Gasteiger partial charge in [-0.2, -0.15) is 0 Å². The van der Waals surface area contributed by atoms with E-state index in [0.717, 1.165) is 6.54 Å². The fourth-order valence-corrected chi connectivity index (χ4v) is 3.22. The Labute approximate surface area is 144 Å². The van der Waals surface area contributed by atoms with Gasteiger partial charge in [-0.25, -0.2) is 9.18 Å². The zero-order chi connectivity index (χ0) is 18.0. The van der Waals surface area contributed by atoms with E-state index in [0.29, 0.717) is 6.54 Å². The molecule has 2 rings (SSSR count). The standard InChI is InChI=1S/C19H29FN2O2/c1-14-11-22(15(2)16-9-7-6-8-10-16)13-19(14,12-20)21-17(23)24-18(3,4)5/h6-10,14-15H,11-13H2,1-5H3,(H,21,23)/t14?,15-,19-/m1/s1. The minimum atomic E-state index is -0.897. The van der Waals surface area contributed by atoms with Crippen molar-refractivity contribution in [2.45, 2.75) is 51.8 Å². The van der Waals surface area contributed by atoms with E-state index in [1.807, 2.05) is 25.1 Å². The molecule has 0 aliphatic carbocycles. The summed E-state index contributed by atoms with van der Waals surface area (Å²) < 4.78 is 19.3. The molecule has 4 nitrogen and oxygen atoms in total. The van der Waals surface area contributed by atoms with Gasteiger partial charge >= 0.3 is 6.09 Å². The minimum absolute atomic E-state index is 0.00109. The van der Waals surface area contributed by atoms with Crippen LogP contribution in [0.15, 0.2) is 30.3 Å². The summed E-state index contributed by atoms with van der Waals surface area (Å²) in [5, 5.41) is 2.81. The summed E-state index contributed by atoms with van der Waals surface area (Å²) in [6.07, 6.45) is -0.554. The number of benzene rings is 1. The molecule has 3 atom stereocenters. The molecule has 1 aromatic carbocycles. The number of carbonyl (C=O) groups excluding carboxylic acids is 1. The predicted molar refractivity (Wildman–Crippen MR) is 93.7 cm³/mol. The highest BCUT2D eigenvalue weighted by Crippen LogP contribution is 2.34. The zero-order valence-electron chi connectivity index (χ0n) is 15.3. The van der Waals surface area contributed by atoms with Gasteiger partial charge in [0.25, 0.3) is 0 Å². The molecule has 1 unspecified atom stereocenters. The summed E-state index contributed by atoms with van der Waals surface area (Å²) in [6, 6.07) is 10.3. The van der Waals surface area contributed by atoms with Gasteiger partial charge in [0.2, 0.25) is 0 Å². The molecule has 24 heavy (non-hydrogen) atoms. The summed E-state index contributed by atoms with van der Waals surface area (Å²) in [5.74, 6) is 0.00109. The van der Waals surface area contributed by atoms with Gasteiger partial charge in [0.15, 0.2) is 0 Å². The van der Waals surface area contributed by atoms with Crippen molar-refractivity contribution in [1.82, 2.24) is 10.2 Å². The Hall–Kier alpha value is -1.62. The first-order valence-corrected chi connectivity index (χ1v) is 8.53. The molecule has 0 saturated carbocycles. The number of alkyl halides is 1. The van der Waals surface area contributed by atoms with E-state index >= 15 is 0 Å². The van der Waals surface area contributed by atoms with Crippen LogP contribution in [0.25, 0.3) is 0 Å². The maximum absolute atomic E-state index is 13.9. The van der Waals surface area contributed by atoms with Gasteiger partial charge in [-0.3, -0.25) is 4.90 Å². The number of carbonyl (C=O) groups is 1. The van der Waals surface area contributed by atoms with Crippen LogP contribution in [0.3, 0.4) is 0 Å². The third-order valence-corrected chi connectivity index (χ3v) is 4.75. The van der Waals surface area contributed by atoms with Crippen LogP contribution in [0.4, 0.5) is 9.18 Å². The van der Waals surface area contributed by atoms with Crippen molar-refractivity contribution in [2.75, 3.05) is 19.8 Å². The Bertz CT molecular complexity index is 558. The summed E-state index contributed by atoms with van der Waals surface area (Å²) in [7, 11) is 0. The molecule has 1 fully saturated rings. The van der Waals surface area contributed by atoms with Crippen LogP contribution in [-0.4, -0.2) is 41.9 Å². The average Bonchev–Trinajstić information content (AvgIpc) is 2.82. The van der Waals surface area contributed by atoms with Crippen molar-refractivity contribution in [1.29, 1.82) is 0 Å². The lowest BCUT2D eigenvalue weighted by Gasteiger charge is -2.33. The highest BCUT2D eigenvalue weighted by Gasteiger charge is 2.47. The first kappa shape index (κ1) is 18.7. The number of likely N-dealkylation sites (tertiary alicyclic amines) is 1. The molecule has 1 aromatic rings. The molecule has 1 amide bonds. The van der Waals surface area contributed by atoms with Crippen LogP contribution in [0.5, 0.6) is 0 Å². The van der Waals surface area contributed by atoms with E-state index in [9.17, 15) is 9.18 Å². The van der Waals surface area contributed by atoms with E-state index < -0.39 is 23.9 Å². The molecule has 0 spiro atoms. The molecule has 134 valence electrons. The predicted octanol–water partition coefficient (Wildman–Crippen LogP) is 3.93. The Balaban J connectivity index is 2.10. The number of hydrogen-bond acceptors (Lipinski definition) is 3. The summed E-state index contributed by atoms with van der Waals surface area (Å²) in [4.78, 5) is 14.4. The summed E-state index contributed by atoms with van der Waals surface area (Å²) in [6.45, 7) is 10.1. The van der Waals surface area contributed by atoms with Crippen LogP contribution in [0, 0.1) is 5.92 Å². The number of nitrogens with one attached hydrogen (secondary N) is 1. The van der Waals surface area contributed by atoms with Gasteiger partial charge in [0.1, 0.15) is 12.3 Å². The second-order valence-electron chi connectivity index (χ2n) is 7.83. The van der Waals surface area contributed by atoms with Crippen molar-refractivity contribution in [2.24, 2.45) is 5.92 Å². The second kappa shape index (κ2) is 7.09. The van der Waals surface area contributed by atoms with Gasteiger partial charge in [0.05, 0.1) is 5.54 Å². The molecule has 1 aliphatic heterocycles. The molecule has 5 heteroatoms. The third-order valence-electron chi connectivity index (χ3n) is 4.75. The largest absolute Gasteiger partial charge is 0.444 e. The maximum Gasteiger partial charge on any atom is 0.408 e. The van der Waals surface area contributed by atoms with Gasteiger partial charge in [-0.15, -0.1) is 0 Å². The Morgan fingerprint density at radius 2 is 2.04 bits per heavy atom. The van der Waals surface area contributed by atoms with Gasteiger partial charge < -0.3 is 10.1 Å². The van der Waals surface area contributed by atoms with Crippen LogP contribution in [-0.2, 0) is 4.74 Å². The number of amides is 1. The monoisotopic (exact) mass is 336 g/mol. The van der Waals surface area contributed by atoms with E-state index in [1.165, 1.54) is 5.56 Å². The third kappa shape index (κ3) is 4.26. The molecule has 0 radical (unpaired) electrons. The van der Waals surface area contributed by atoms with Gasteiger partial charge in [0, 0.05) is 19.1 Å². The fourth-order valence-electron chi connectivity index (χ4n) is 3.22. The fraction of sp³-hybridized carbons (Fsp3) is 0.632. The number of nitrogens with zero attached hydrogens (tertiary/aromatic N) is 1.